The van der Waals surface area contributed by atoms with E-state index in [4.69, 9.17) is 22.1 Å². The zero-order valence-electron chi connectivity index (χ0n) is 10.6. The van der Waals surface area contributed by atoms with Crippen LogP contribution in [-0.4, -0.2) is 11.7 Å². The minimum atomic E-state index is -0.633. The SMILES string of the molecule is Cc1cc(Oc2ccc(C(O)CN)cc2)ccc1Cl. The monoisotopic (exact) mass is 277 g/mol. The molecule has 1 atom stereocenters. The van der Waals surface area contributed by atoms with Gasteiger partial charge in [-0.25, -0.2) is 0 Å². The Balaban J connectivity index is 2.12. The van der Waals surface area contributed by atoms with Crippen molar-refractivity contribution in [2.24, 2.45) is 5.73 Å². The van der Waals surface area contributed by atoms with E-state index in [0.717, 1.165) is 16.9 Å². The Labute approximate surface area is 117 Å². The molecule has 2 rings (SSSR count). The molecule has 2 aromatic rings. The standard InChI is InChI=1S/C15H16ClNO2/c1-10-8-13(6-7-14(10)16)19-12-4-2-11(3-5-12)15(18)9-17/h2-8,15,18H,9,17H2,1H3. The number of aliphatic hydroxyl groups excluding tert-OH is 1. The van der Waals surface area contributed by atoms with Crippen LogP contribution in [0, 0.1) is 6.92 Å². The molecule has 3 nitrogen and oxygen atoms in total. The van der Waals surface area contributed by atoms with Crippen molar-refractivity contribution in [2.45, 2.75) is 13.0 Å². The Hall–Kier alpha value is -1.55. The summed E-state index contributed by atoms with van der Waals surface area (Å²) in [6.45, 7) is 2.13. The first kappa shape index (κ1) is 13.9. The van der Waals surface area contributed by atoms with Gasteiger partial charge in [-0.2, -0.15) is 0 Å². The molecule has 0 aliphatic heterocycles. The van der Waals surface area contributed by atoms with Crippen molar-refractivity contribution < 1.29 is 9.84 Å². The summed E-state index contributed by atoms with van der Waals surface area (Å²) in [5.41, 5.74) is 7.15. The topological polar surface area (TPSA) is 55.5 Å². The van der Waals surface area contributed by atoms with E-state index in [9.17, 15) is 5.11 Å². The van der Waals surface area contributed by atoms with Gasteiger partial charge >= 0.3 is 0 Å². The number of benzene rings is 2. The zero-order valence-corrected chi connectivity index (χ0v) is 11.4. The predicted octanol–water partition coefficient (Wildman–Crippen LogP) is 3.43. The molecule has 19 heavy (non-hydrogen) atoms. The first-order valence-corrected chi connectivity index (χ1v) is 6.40. The number of rotatable bonds is 4. The van der Waals surface area contributed by atoms with Crippen LogP contribution in [0.1, 0.15) is 17.2 Å². The maximum Gasteiger partial charge on any atom is 0.127 e. The molecule has 0 aliphatic rings. The van der Waals surface area contributed by atoms with Gasteiger partial charge in [-0.05, 0) is 48.4 Å². The van der Waals surface area contributed by atoms with Gasteiger partial charge in [0.1, 0.15) is 11.5 Å². The van der Waals surface area contributed by atoms with Crippen LogP contribution in [0.5, 0.6) is 11.5 Å². The van der Waals surface area contributed by atoms with Gasteiger partial charge in [0.15, 0.2) is 0 Å². The number of hydrogen-bond acceptors (Lipinski definition) is 3. The van der Waals surface area contributed by atoms with Crippen LogP contribution in [0.2, 0.25) is 5.02 Å². The molecule has 1 unspecified atom stereocenters. The first-order chi connectivity index (χ1) is 9.10. The highest BCUT2D eigenvalue weighted by atomic mass is 35.5. The molecule has 0 bridgehead atoms. The molecule has 0 fully saturated rings. The van der Waals surface area contributed by atoms with Gasteiger partial charge in [0.2, 0.25) is 0 Å². The van der Waals surface area contributed by atoms with Crippen LogP contribution in [0.3, 0.4) is 0 Å². The van der Waals surface area contributed by atoms with E-state index >= 15 is 0 Å². The van der Waals surface area contributed by atoms with E-state index in [-0.39, 0.29) is 6.54 Å². The van der Waals surface area contributed by atoms with Gasteiger partial charge in [-0.1, -0.05) is 23.7 Å². The molecule has 3 N–H and O–H groups in total. The van der Waals surface area contributed by atoms with Crippen molar-refractivity contribution in [1.82, 2.24) is 0 Å². The zero-order chi connectivity index (χ0) is 13.8. The Kier molecular flexibility index (Phi) is 4.43. The van der Waals surface area contributed by atoms with Gasteiger partial charge in [-0.15, -0.1) is 0 Å². The number of hydrogen-bond donors (Lipinski definition) is 2. The maximum absolute atomic E-state index is 9.60. The van der Waals surface area contributed by atoms with E-state index < -0.39 is 6.10 Å². The summed E-state index contributed by atoms with van der Waals surface area (Å²) < 4.78 is 5.71. The predicted molar refractivity (Wildman–Crippen MR) is 76.7 cm³/mol. The Morgan fingerprint density at radius 2 is 1.79 bits per heavy atom. The Bertz CT molecular complexity index is 555. The quantitative estimate of drug-likeness (QED) is 0.900. The minimum Gasteiger partial charge on any atom is -0.457 e. The summed E-state index contributed by atoms with van der Waals surface area (Å²) >= 11 is 5.96. The molecule has 100 valence electrons. The van der Waals surface area contributed by atoms with Crippen molar-refractivity contribution in [2.75, 3.05) is 6.54 Å². The van der Waals surface area contributed by atoms with Crippen molar-refractivity contribution in [1.29, 1.82) is 0 Å². The van der Waals surface area contributed by atoms with E-state index in [2.05, 4.69) is 0 Å². The van der Waals surface area contributed by atoms with Crippen molar-refractivity contribution in [3.05, 3.63) is 58.6 Å². The molecule has 0 heterocycles. The van der Waals surface area contributed by atoms with Gasteiger partial charge in [-0.3, -0.25) is 0 Å². The molecule has 4 heteroatoms. The summed E-state index contributed by atoms with van der Waals surface area (Å²) in [4.78, 5) is 0. The lowest BCUT2D eigenvalue weighted by molar-refractivity contribution is 0.186. The lowest BCUT2D eigenvalue weighted by Gasteiger charge is -2.10. The number of ether oxygens (including phenoxy) is 1. The van der Waals surface area contributed by atoms with Gasteiger partial charge in [0, 0.05) is 11.6 Å². The van der Waals surface area contributed by atoms with Crippen LogP contribution in [-0.2, 0) is 0 Å². The molecule has 2 aromatic carbocycles. The fourth-order valence-corrected chi connectivity index (χ4v) is 1.83. The maximum atomic E-state index is 9.60. The number of nitrogens with two attached hydrogens (primary N) is 1. The summed E-state index contributed by atoms with van der Waals surface area (Å²) in [6.07, 6.45) is -0.633. The van der Waals surface area contributed by atoms with Crippen LogP contribution in [0.25, 0.3) is 0 Å². The summed E-state index contributed by atoms with van der Waals surface area (Å²) in [6, 6.07) is 12.7. The molecular formula is C15H16ClNO2. The average Bonchev–Trinajstić information content (AvgIpc) is 2.43. The van der Waals surface area contributed by atoms with Gasteiger partial charge in [0.05, 0.1) is 6.10 Å². The third-order valence-corrected chi connectivity index (χ3v) is 3.28. The van der Waals surface area contributed by atoms with E-state index in [1.165, 1.54) is 0 Å². The highest BCUT2D eigenvalue weighted by Crippen LogP contribution is 2.26. The van der Waals surface area contributed by atoms with E-state index in [0.29, 0.717) is 10.8 Å². The first-order valence-electron chi connectivity index (χ1n) is 6.02. The second-order valence-electron chi connectivity index (χ2n) is 4.33. The fourth-order valence-electron chi connectivity index (χ4n) is 1.71. The van der Waals surface area contributed by atoms with Crippen molar-refractivity contribution in [3.63, 3.8) is 0 Å². The number of aliphatic hydroxyl groups is 1. The number of aryl methyl sites for hydroxylation is 1. The highest BCUT2D eigenvalue weighted by molar-refractivity contribution is 6.31. The lowest BCUT2D eigenvalue weighted by Crippen LogP contribution is -2.11. The molecular weight excluding hydrogens is 262 g/mol. The molecule has 0 spiro atoms. The van der Waals surface area contributed by atoms with Crippen LogP contribution < -0.4 is 10.5 Å². The van der Waals surface area contributed by atoms with Gasteiger partial charge in [0.25, 0.3) is 0 Å². The fraction of sp³-hybridized carbons (Fsp3) is 0.200. The summed E-state index contributed by atoms with van der Waals surface area (Å²) in [5, 5.41) is 10.3. The molecule has 0 radical (unpaired) electrons. The van der Waals surface area contributed by atoms with E-state index in [1.807, 2.05) is 19.1 Å². The normalized spacial score (nSPS) is 12.2. The van der Waals surface area contributed by atoms with E-state index in [1.54, 1.807) is 30.3 Å². The van der Waals surface area contributed by atoms with Gasteiger partial charge < -0.3 is 15.6 Å². The molecule has 0 saturated carbocycles. The smallest absolute Gasteiger partial charge is 0.127 e. The van der Waals surface area contributed by atoms with Crippen LogP contribution in [0.15, 0.2) is 42.5 Å². The third kappa shape index (κ3) is 3.47. The second-order valence-corrected chi connectivity index (χ2v) is 4.74. The average molecular weight is 278 g/mol. The third-order valence-electron chi connectivity index (χ3n) is 2.85. The van der Waals surface area contributed by atoms with Crippen LogP contribution in [0.4, 0.5) is 0 Å². The summed E-state index contributed by atoms with van der Waals surface area (Å²) in [7, 11) is 0. The minimum absolute atomic E-state index is 0.205. The second kappa shape index (κ2) is 6.06. The van der Waals surface area contributed by atoms with Crippen LogP contribution >= 0.6 is 11.6 Å². The molecule has 0 saturated heterocycles. The lowest BCUT2D eigenvalue weighted by atomic mass is 10.1. The molecule has 0 aromatic heterocycles. The number of halogens is 1. The largest absolute Gasteiger partial charge is 0.457 e. The Morgan fingerprint density at radius 1 is 1.16 bits per heavy atom. The summed E-state index contributed by atoms with van der Waals surface area (Å²) in [5.74, 6) is 1.43. The molecule has 0 aliphatic carbocycles. The highest BCUT2D eigenvalue weighted by Gasteiger charge is 2.05. The Morgan fingerprint density at radius 3 is 2.37 bits per heavy atom. The van der Waals surface area contributed by atoms with Crippen molar-refractivity contribution in [3.8, 4) is 11.5 Å². The van der Waals surface area contributed by atoms with Crippen molar-refractivity contribution >= 4 is 11.6 Å². The molecule has 0 amide bonds.